The lowest BCUT2D eigenvalue weighted by Crippen LogP contribution is -2.23. The Morgan fingerprint density at radius 2 is 2.05 bits per heavy atom. The van der Waals surface area contributed by atoms with E-state index in [1.54, 1.807) is 25.3 Å². The average molecular weight is 274 g/mol. The molecule has 1 aromatic carbocycles. The lowest BCUT2D eigenvalue weighted by Gasteiger charge is -2.24. The van der Waals surface area contributed by atoms with Gasteiger partial charge in [-0.3, -0.25) is 4.98 Å². The average Bonchev–Trinajstić information content (AvgIpc) is 2.45. The maximum Gasteiger partial charge on any atom is 0.146 e. The summed E-state index contributed by atoms with van der Waals surface area (Å²) in [5.41, 5.74) is 2.03. The summed E-state index contributed by atoms with van der Waals surface area (Å²) in [5.74, 6) is -0.313. The van der Waals surface area contributed by atoms with Gasteiger partial charge in [0, 0.05) is 37.5 Å². The molecule has 0 aliphatic carbocycles. The van der Waals surface area contributed by atoms with Gasteiger partial charge in [0.1, 0.15) is 5.82 Å². The normalized spacial score (nSPS) is 12.2. The van der Waals surface area contributed by atoms with Crippen molar-refractivity contribution in [2.24, 2.45) is 0 Å². The first-order chi connectivity index (χ1) is 9.59. The van der Waals surface area contributed by atoms with Crippen LogP contribution in [0.15, 0.2) is 42.6 Å². The molecule has 1 aromatic heterocycles. The Kier molecular flexibility index (Phi) is 4.69. The Morgan fingerprint density at radius 3 is 2.70 bits per heavy atom. The maximum absolute atomic E-state index is 14.0. The molecular weight excluding hydrogens is 255 g/mol. The van der Waals surface area contributed by atoms with Crippen molar-refractivity contribution >= 4 is 5.69 Å². The maximum atomic E-state index is 14.0. The van der Waals surface area contributed by atoms with Crippen LogP contribution in [0, 0.1) is 5.82 Å². The summed E-state index contributed by atoms with van der Waals surface area (Å²) < 4.78 is 14.0. The van der Waals surface area contributed by atoms with Crippen LogP contribution in [0.2, 0.25) is 0 Å². The number of aliphatic hydroxyl groups is 1. The van der Waals surface area contributed by atoms with Crippen LogP contribution in [-0.4, -0.2) is 23.7 Å². The highest BCUT2D eigenvalue weighted by molar-refractivity contribution is 5.55. The monoisotopic (exact) mass is 274 g/mol. The smallest absolute Gasteiger partial charge is 0.146 e. The van der Waals surface area contributed by atoms with Crippen molar-refractivity contribution in [3.05, 3.63) is 59.7 Å². The Bertz CT molecular complexity index is 558. The number of aromatic nitrogens is 1. The lowest BCUT2D eigenvalue weighted by molar-refractivity contribution is 0.199. The summed E-state index contributed by atoms with van der Waals surface area (Å²) in [7, 11) is 1.83. The van der Waals surface area contributed by atoms with Gasteiger partial charge in [-0.15, -0.1) is 0 Å². The summed E-state index contributed by atoms with van der Waals surface area (Å²) in [5, 5.41) is 9.76. The van der Waals surface area contributed by atoms with Crippen molar-refractivity contribution in [3.63, 3.8) is 0 Å². The number of benzene rings is 1. The first-order valence-corrected chi connectivity index (χ1v) is 6.67. The Balaban J connectivity index is 2.15. The van der Waals surface area contributed by atoms with E-state index in [2.05, 4.69) is 4.98 Å². The van der Waals surface area contributed by atoms with Gasteiger partial charge in [-0.1, -0.05) is 18.2 Å². The van der Waals surface area contributed by atoms with Crippen molar-refractivity contribution < 1.29 is 9.50 Å². The fraction of sp³-hybridized carbons (Fsp3) is 0.312. The standard InChI is InChI=1S/C16H19FN2O/c1-12(20)14-7-5-8-15(17)16(14)19(2)11-9-13-6-3-4-10-18-13/h3-8,10,12,20H,9,11H2,1-2H3/t12-/m1/s1. The number of rotatable bonds is 5. The number of pyridine rings is 1. The molecule has 0 unspecified atom stereocenters. The summed E-state index contributed by atoms with van der Waals surface area (Å²) >= 11 is 0. The van der Waals surface area contributed by atoms with Crippen LogP contribution >= 0.6 is 0 Å². The number of nitrogens with zero attached hydrogens (tertiary/aromatic N) is 2. The Labute approximate surface area is 118 Å². The third kappa shape index (κ3) is 3.33. The second-order valence-corrected chi connectivity index (χ2v) is 4.85. The van der Waals surface area contributed by atoms with Gasteiger partial charge in [-0.25, -0.2) is 4.39 Å². The van der Waals surface area contributed by atoms with E-state index >= 15 is 0 Å². The molecule has 0 bridgehead atoms. The van der Waals surface area contributed by atoms with Gasteiger partial charge in [-0.05, 0) is 25.1 Å². The molecule has 3 nitrogen and oxygen atoms in total. The largest absolute Gasteiger partial charge is 0.389 e. The molecule has 0 aliphatic rings. The predicted octanol–water partition coefficient (Wildman–Crippen LogP) is 2.95. The molecule has 2 aromatic rings. The molecule has 0 radical (unpaired) electrons. The summed E-state index contributed by atoms with van der Waals surface area (Å²) in [4.78, 5) is 6.08. The molecule has 1 N–H and O–H groups in total. The molecule has 0 aliphatic heterocycles. The Morgan fingerprint density at radius 1 is 1.25 bits per heavy atom. The SMILES string of the molecule is C[C@@H](O)c1cccc(F)c1N(C)CCc1ccccn1. The van der Waals surface area contributed by atoms with Crippen molar-refractivity contribution in [1.82, 2.24) is 4.98 Å². The van der Waals surface area contributed by atoms with Crippen LogP contribution in [0.3, 0.4) is 0 Å². The number of halogens is 1. The topological polar surface area (TPSA) is 36.4 Å². The molecule has 106 valence electrons. The van der Waals surface area contributed by atoms with Gasteiger partial charge < -0.3 is 10.0 Å². The molecule has 20 heavy (non-hydrogen) atoms. The van der Waals surface area contributed by atoms with E-state index in [0.717, 1.165) is 12.1 Å². The molecule has 0 fully saturated rings. The zero-order valence-corrected chi connectivity index (χ0v) is 11.8. The highest BCUT2D eigenvalue weighted by atomic mass is 19.1. The molecule has 0 saturated heterocycles. The highest BCUT2D eigenvalue weighted by Gasteiger charge is 2.16. The summed E-state index contributed by atoms with van der Waals surface area (Å²) in [6.45, 7) is 2.28. The number of likely N-dealkylation sites (N-methyl/N-ethyl adjacent to an activating group) is 1. The first-order valence-electron chi connectivity index (χ1n) is 6.67. The highest BCUT2D eigenvalue weighted by Crippen LogP contribution is 2.28. The van der Waals surface area contributed by atoms with Crippen LogP contribution in [0.5, 0.6) is 0 Å². The quantitative estimate of drug-likeness (QED) is 0.910. The van der Waals surface area contributed by atoms with E-state index in [0.29, 0.717) is 17.8 Å². The van der Waals surface area contributed by atoms with E-state index in [4.69, 9.17) is 0 Å². The van der Waals surface area contributed by atoms with Gasteiger partial charge in [0.2, 0.25) is 0 Å². The van der Waals surface area contributed by atoms with Crippen LogP contribution in [0.1, 0.15) is 24.3 Å². The minimum Gasteiger partial charge on any atom is -0.389 e. The third-order valence-corrected chi connectivity index (χ3v) is 3.28. The van der Waals surface area contributed by atoms with Crippen molar-refractivity contribution in [2.75, 3.05) is 18.5 Å². The van der Waals surface area contributed by atoms with E-state index in [1.165, 1.54) is 6.07 Å². The molecule has 1 heterocycles. The fourth-order valence-electron chi connectivity index (χ4n) is 2.21. The van der Waals surface area contributed by atoms with Gasteiger partial charge in [0.25, 0.3) is 0 Å². The molecule has 2 rings (SSSR count). The molecule has 0 saturated carbocycles. The number of hydrogen-bond donors (Lipinski definition) is 1. The van der Waals surface area contributed by atoms with Gasteiger partial charge in [0.05, 0.1) is 11.8 Å². The van der Waals surface area contributed by atoms with E-state index < -0.39 is 6.10 Å². The minimum absolute atomic E-state index is 0.313. The van der Waals surface area contributed by atoms with Crippen molar-refractivity contribution in [3.8, 4) is 0 Å². The zero-order chi connectivity index (χ0) is 14.5. The molecule has 1 atom stereocenters. The Hall–Kier alpha value is -1.94. The third-order valence-electron chi connectivity index (χ3n) is 3.28. The molecule has 0 spiro atoms. The number of anilines is 1. The molecule has 4 heteroatoms. The van der Waals surface area contributed by atoms with Crippen molar-refractivity contribution in [1.29, 1.82) is 0 Å². The van der Waals surface area contributed by atoms with E-state index in [-0.39, 0.29) is 5.82 Å². The van der Waals surface area contributed by atoms with Crippen LogP contribution in [0.4, 0.5) is 10.1 Å². The van der Waals surface area contributed by atoms with Gasteiger partial charge >= 0.3 is 0 Å². The number of para-hydroxylation sites is 1. The molecule has 0 amide bonds. The van der Waals surface area contributed by atoms with Crippen molar-refractivity contribution in [2.45, 2.75) is 19.4 Å². The number of hydrogen-bond acceptors (Lipinski definition) is 3. The predicted molar refractivity (Wildman–Crippen MR) is 78.2 cm³/mol. The van der Waals surface area contributed by atoms with E-state index in [1.807, 2.05) is 30.1 Å². The fourth-order valence-corrected chi connectivity index (χ4v) is 2.21. The zero-order valence-electron chi connectivity index (χ0n) is 11.8. The van der Waals surface area contributed by atoms with Crippen LogP contribution in [-0.2, 0) is 6.42 Å². The summed E-state index contributed by atoms with van der Waals surface area (Å²) in [6, 6.07) is 10.5. The second kappa shape index (κ2) is 6.48. The van der Waals surface area contributed by atoms with Gasteiger partial charge in [0.15, 0.2) is 0 Å². The minimum atomic E-state index is -0.696. The second-order valence-electron chi connectivity index (χ2n) is 4.85. The summed E-state index contributed by atoms with van der Waals surface area (Å²) in [6.07, 6.45) is 1.78. The number of aliphatic hydroxyl groups excluding tert-OH is 1. The van der Waals surface area contributed by atoms with Gasteiger partial charge in [-0.2, -0.15) is 0 Å². The molecular formula is C16H19FN2O. The van der Waals surface area contributed by atoms with E-state index in [9.17, 15) is 9.50 Å². The lowest BCUT2D eigenvalue weighted by atomic mass is 10.1. The first kappa shape index (κ1) is 14.5. The van der Waals surface area contributed by atoms with Crippen LogP contribution in [0.25, 0.3) is 0 Å². The van der Waals surface area contributed by atoms with Crippen LogP contribution < -0.4 is 4.90 Å².